The molecule has 0 saturated carbocycles. The number of halogens is 4. The summed E-state index contributed by atoms with van der Waals surface area (Å²) >= 11 is 1.52. The van der Waals surface area contributed by atoms with E-state index in [9.17, 15) is 13.2 Å². The lowest BCUT2D eigenvalue weighted by molar-refractivity contribution is -0.139. The largest absolute Gasteiger partial charge is 0.419 e. The topological polar surface area (TPSA) is 25.8 Å². The van der Waals surface area contributed by atoms with Crippen molar-refractivity contribution in [3.8, 4) is 0 Å². The number of alkyl halides is 3. The van der Waals surface area contributed by atoms with Gasteiger partial charge < -0.3 is 0 Å². The zero-order valence-corrected chi connectivity index (χ0v) is 8.14. The van der Waals surface area contributed by atoms with Gasteiger partial charge in [0, 0.05) is 0 Å². The summed E-state index contributed by atoms with van der Waals surface area (Å²) in [6, 6.07) is 0. The molecule has 6 heteroatoms. The maximum Gasteiger partial charge on any atom is 0.419 e. The van der Waals surface area contributed by atoms with E-state index in [0.29, 0.717) is 0 Å². The Morgan fingerprint density at radius 2 is 2.00 bits per heavy atom. The van der Waals surface area contributed by atoms with Gasteiger partial charge in [0.25, 0.3) is 0 Å². The van der Waals surface area contributed by atoms with Crippen LogP contribution in [-0.4, -0.2) is 10.2 Å². The van der Waals surface area contributed by atoms with E-state index >= 15 is 0 Å². The van der Waals surface area contributed by atoms with Crippen LogP contribution in [0.5, 0.6) is 0 Å². The summed E-state index contributed by atoms with van der Waals surface area (Å²) in [5.74, 6) is 0. The first-order chi connectivity index (χ1) is 5.43. The summed E-state index contributed by atoms with van der Waals surface area (Å²) in [5, 5.41) is 6.72. The van der Waals surface area contributed by atoms with Crippen molar-refractivity contribution in [1.82, 2.24) is 10.2 Å². The number of hydrogen-bond acceptors (Lipinski definition) is 2. The van der Waals surface area contributed by atoms with Gasteiger partial charge in [0.1, 0.15) is 3.70 Å². The minimum absolute atomic E-state index is 0.0990. The Bertz CT molecular complexity index is 277. The molecule has 0 N–H and O–H groups in total. The normalized spacial score (nSPS) is 11.8. The van der Waals surface area contributed by atoms with Crippen LogP contribution < -0.4 is 0 Å². The fraction of sp³-hybridized carbons (Fsp3) is 0.333. The van der Waals surface area contributed by atoms with Crippen LogP contribution in [0.25, 0.3) is 0 Å². The van der Waals surface area contributed by atoms with E-state index in [1.807, 2.05) is 0 Å². The lowest BCUT2D eigenvalue weighted by Gasteiger charge is -2.09. The first-order valence-electron chi connectivity index (χ1n) is 2.98. The smallest absolute Gasteiger partial charge is 0.166 e. The zero-order valence-electron chi connectivity index (χ0n) is 5.98. The predicted octanol–water partition coefficient (Wildman–Crippen LogP) is 2.41. The monoisotopic (exact) mass is 288 g/mol. The van der Waals surface area contributed by atoms with Gasteiger partial charge in [-0.05, 0) is 35.1 Å². The van der Waals surface area contributed by atoms with Crippen LogP contribution in [0.3, 0.4) is 0 Å². The number of nitrogens with zero attached hydrogens (tertiary/aromatic N) is 2. The molecule has 0 aromatic carbocycles. The summed E-state index contributed by atoms with van der Waals surface area (Å²) in [5.41, 5.74) is -0.597. The Morgan fingerprint density at radius 1 is 1.42 bits per heavy atom. The van der Waals surface area contributed by atoms with Crippen LogP contribution in [0.1, 0.15) is 11.1 Å². The third-order valence-corrected chi connectivity index (χ3v) is 2.04. The summed E-state index contributed by atoms with van der Waals surface area (Å²) < 4.78 is 36.6. The van der Waals surface area contributed by atoms with E-state index < -0.39 is 11.7 Å². The van der Waals surface area contributed by atoms with Gasteiger partial charge in [-0.2, -0.15) is 18.3 Å². The Balaban J connectivity index is 3.31. The maximum absolute atomic E-state index is 12.2. The van der Waals surface area contributed by atoms with Crippen molar-refractivity contribution in [2.75, 3.05) is 0 Å². The number of rotatable bonds is 0. The van der Waals surface area contributed by atoms with Gasteiger partial charge in [-0.1, -0.05) is 0 Å². The third-order valence-electron chi connectivity index (χ3n) is 1.28. The first-order valence-corrected chi connectivity index (χ1v) is 4.06. The van der Waals surface area contributed by atoms with E-state index in [-0.39, 0.29) is 9.26 Å². The van der Waals surface area contributed by atoms with Crippen LogP contribution >= 0.6 is 22.6 Å². The molecule has 0 amide bonds. The van der Waals surface area contributed by atoms with Gasteiger partial charge in [-0.25, -0.2) is 0 Å². The molecule has 0 atom stereocenters. The van der Waals surface area contributed by atoms with E-state index in [1.54, 1.807) is 0 Å². The molecule has 1 rings (SSSR count). The zero-order chi connectivity index (χ0) is 9.35. The highest BCUT2D eigenvalue weighted by atomic mass is 127. The van der Waals surface area contributed by atoms with E-state index in [0.717, 1.165) is 6.20 Å². The minimum atomic E-state index is -4.34. The minimum Gasteiger partial charge on any atom is -0.166 e. The molecule has 1 aromatic rings. The van der Waals surface area contributed by atoms with E-state index in [4.69, 9.17) is 0 Å². The SMILES string of the molecule is Cc1cnnc(I)c1C(F)(F)F. The lowest BCUT2D eigenvalue weighted by Crippen LogP contribution is -2.12. The van der Waals surface area contributed by atoms with Crippen molar-refractivity contribution in [3.63, 3.8) is 0 Å². The average molecular weight is 288 g/mol. The fourth-order valence-corrected chi connectivity index (χ4v) is 1.64. The van der Waals surface area contributed by atoms with Crippen LogP contribution in [0.15, 0.2) is 6.20 Å². The summed E-state index contributed by atoms with van der Waals surface area (Å²) in [4.78, 5) is 0. The molecule has 0 aliphatic heterocycles. The highest BCUT2D eigenvalue weighted by Gasteiger charge is 2.35. The first kappa shape index (κ1) is 9.69. The Hall–Kier alpha value is -0.400. The highest BCUT2D eigenvalue weighted by molar-refractivity contribution is 14.1. The fourth-order valence-electron chi connectivity index (χ4n) is 0.784. The second-order valence-electron chi connectivity index (χ2n) is 2.19. The van der Waals surface area contributed by atoms with Crippen LogP contribution in [0.4, 0.5) is 13.2 Å². The summed E-state index contributed by atoms with van der Waals surface area (Å²) in [6.07, 6.45) is -3.23. The molecule has 0 aliphatic carbocycles. The number of hydrogen-bond donors (Lipinski definition) is 0. The van der Waals surface area contributed by atoms with Gasteiger partial charge in [0.2, 0.25) is 0 Å². The summed E-state index contributed by atoms with van der Waals surface area (Å²) in [7, 11) is 0. The Kier molecular flexibility index (Phi) is 2.55. The lowest BCUT2D eigenvalue weighted by atomic mass is 10.2. The van der Waals surface area contributed by atoms with Crippen molar-refractivity contribution in [2.45, 2.75) is 13.1 Å². The molecule has 0 radical (unpaired) electrons. The average Bonchev–Trinajstić information content (AvgIpc) is 1.82. The van der Waals surface area contributed by atoms with Crippen LogP contribution in [0, 0.1) is 10.6 Å². The van der Waals surface area contributed by atoms with Gasteiger partial charge in [-0.3, -0.25) is 0 Å². The van der Waals surface area contributed by atoms with Gasteiger partial charge in [0.05, 0.1) is 11.8 Å². The van der Waals surface area contributed by atoms with E-state index in [1.165, 1.54) is 29.5 Å². The second kappa shape index (κ2) is 3.15. The van der Waals surface area contributed by atoms with Crippen molar-refractivity contribution in [1.29, 1.82) is 0 Å². The van der Waals surface area contributed by atoms with Crippen LogP contribution in [-0.2, 0) is 6.18 Å². The molecule has 66 valence electrons. The molecule has 0 aliphatic rings. The molecular formula is C6H4F3IN2. The molecule has 1 heterocycles. The summed E-state index contributed by atoms with van der Waals surface area (Å²) in [6.45, 7) is 1.36. The number of aromatic nitrogens is 2. The number of aryl methyl sites for hydroxylation is 1. The predicted molar refractivity (Wildman–Crippen MR) is 44.5 cm³/mol. The van der Waals surface area contributed by atoms with Crippen LogP contribution in [0.2, 0.25) is 0 Å². The van der Waals surface area contributed by atoms with Crippen molar-refractivity contribution < 1.29 is 13.2 Å². The Morgan fingerprint density at radius 3 is 2.33 bits per heavy atom. The molecule has 0 spiro atoms. The van der Waals surface area contributed by atoms with Crippen molar-refractivity contribution >= 4 is 22.6 Å². The van der Waals surface area contributed by atoms with Crippen molar-refractivity contribution in [3.05, 3.63) is 21.0 Å². The molecule has 0 unspecified atom stereocenters. The molecule has 2 nitrogen and oxygen atoms in total. The Labute approximate surface area is 80.3 Å². The standard InChI is InChI=1S/C6H4F3IN2/c1-3-2-11-12-5(10)4(3)6(7,8)9/h2H,1H3. The highest BCUT2D eigenvalue weighted by Crippen LogP contribution is 2.33. The van der Waals surface area contributed by atoms with E-state index in [2.05, 4.69) is 10.2 Å². The maximum atomic E-state index is 12.2. The third kappa shape index (κ3) is 1.85. The van der Waals surface area contributed by atoms with Gasteiger partial charge >= 0.3 is 6.18 Å². The molecule has 0 fully saturated rings. The molecule has 0 saturated heterocycles. The molecule has 12 heavy (non-hydrogen) atoms. The van der Waals surface area contributed by atoms with Crippen molar-refractivity contribution in [2.24, 2.45) is 0 Å². The quantitative estimate of drug-likeness (QED) is 0.685. The molecular weight excluding hydrogens is 284 g/mol. The second-order valence-corrected chi connectivity index (χ2v) is 3.21. The molecule has 0 bridgehead atoms. The van der Waals surface area contributed by atoms with Gasteiger partial charge in [-0.15, -0.1) is 5.10 Å². The molecule has 1 aromatic heterocycles. The van der Waals surface area contributed by atoms with Gasteiger partial charge in [0.15, 0.2) is 0 Å².